The number of halogens is 1. The molecule has 1 atom stereocenters. The minimum atomic E-state index is -4.34. The van der Waals surface area contributed by atoms with Gasteiger partial charge in [0, 0.05) is 6.07 Å². The van der Waals surface area contributed by atoms with E-state index in [0.29, 0.717) is 6.07 Å². The SMILES string of the molecule is O=C(O)C(CO)NS(=O)(=O)c1ccc(Cl)c([N+](=O)[O-])c1. The van der Waals surface area contributed by atoms with E-state index in [1.807, 2.05) is 0 Å². The first kappa shape index (κ1) is 16.3. The third-order valence-electron chi connectivity index (χ3n) is 2.20. The molecule has 110 valence electrons. The van der Waals surface area contributed by atoms with Crippen LogP contribution in [0.2, 0.25) is 5.02 Å². The average Bonchev–Trinajstić information content (AvgIpc) is 2.35. The van der Waals surface area contributed by atoms with Crippen molar-refractivity contribution >= 4 is 33.3 Å². The molecule has 0 saturated heterocycles. The van der Waals surface area contributed by atoms with Gasteiger partial charge in [0.05, 0.1) is 16.4 Å². The molecule has 0 heterocycles. The van der Waals surface area contributed by atoms with Gasteiger partial charge in [0.1, 0.15) is 11.1 Å². The predicted molar refractivity (Wildman–Crippen MR) is 66.9 cm³/mol. The van der Waals surface area contributed by atoms with E-state index in [1.165, 1.54) is 0 Å². The molecule has 1 aromatic carbocycles. The number of aliphatic hydroxyl groups excluding tert-OH is 1. The number of hydrogen-bond acceptors (Lipinski definition) is 6. The van der Waals surface area contributed by atoms with Crippen molar-refractivity contribution in [2.24, 2.45) is 0 Å². The summed E-state index contributed by atoms with van der Waals surface area (Å²) in [6.45, 7) is -0.968. The average molecular weight is 325 g/mol. The fourth-order valence-electron chi connectivity index (χ4n) is 1.22. The third kappa shape index (κ3) is 3.63. The fourth-order valence-corrected chi connectivity index (χ4v) is 2.61. The van der Waals surface area contributed by atoms with Crippen LogP contribution in [0.1, 0.15) is 0 Å². The number of sulfonamides is 1. The minimum absolute atomic E-state index is 0.258. The van der Waals surface area contributed by atoms with Crippen molar-refractivity contribution in [3.63, 3.8) is 0 Å². The molecule has 0 aliphatic carbocycles. The molecule has 11 heteroatoms. The van der Waals surface area contributed by atoms with Crippen LogP contribution in [0.3, 0.4) is 0 Å². The molecule has 1 unspecified atom stereocenters. The van der Waals surface area contributed by atoms with Gasteiger partial charge in [-0.25, -0.2) is 8.42 Å². The van der Waals surface area contributed by atoms with Crippen LogP contribution < -0.4 is 4.72 Å². The molecule has 9 nitrogen and oxygen atoms in total. The molecular weight excluding hydrogens is 316 g/mol. The van der Waals surface area contributed by atoms with Crippen molar-refractivity contribution in [2.75, 3.05) is 6.61 Å². The second-order valence-electron chi connectivity index (χ2n) is 3.57. The minimum Gasteiger partial charge on any atom is -0.480 e. The number of carboxylic acid groups (broad SMARTS) is 1. The number of rotatable bonds is 6. The van der Waals surface area contributed by atoms with Gasteiger partial charge in [0.2, 0.25) is 10.0 Å². The van der Waals surface area contributed by atoms with E-state index in [4.69, 9.17) is 21.8 Å². The van der Waals surface area contributed by atoms with Gasteiger partial charge in [-0.1, -0.05) is 11.6 Å². The number of nitro benzene ring substituents is 1. The first-order chi connectivity index (χ1) is 9.19. The highest BCUT2D eigenvalue weighted by Gasteiger charge is 2.26. The maximum Gasteiger partial charge on any atom is 0.324 e. The summed E-state index contributed by atoms with van der Waals surface area (Å²) in [6, 6.07) is 0.924. The number of carbonyl (C=O) groups is 1. The molecule has 3 N–H and O–H groups in total. The quantitative estimate of drug-likeness (QED) is 0.491. The second kappa shape index (κ2) is 6.13. The molecule has 0 aromatic heterocycles. The van der Waals surface area contributed by atoms with Crippen LogP contribution in [-0.2, 0) is 14.8 Å². The Balaban J connectivity index is 3.19. The van der Waals surface area contributed by atoms with E-state index in [-0.39, 0.29) is 5.02 Å². The standard InChI is InChI=1S/C9H9ClN2O7S/c10-6-2-1-5(3-8(6)12(16)17)20(18,19)11-7(4-13)9(14)15/h1-3,7,11,13H,4H2,(H,14,15). The van der Waals surface area contributed by atoms with Crippen molar-refractivity contribution in [2.45, 2.75) is 10.9 Å². The Kier molecular flexibility index (Phi) is 5.00. The Morgan fingerprint density at radius 1 is 1.50 bits per heavy atom. The summed E-state index contributed by atoms with van der Waals surface area (Å²) in [7, 11) is -4.34. The van der Waals surface area contributed by atoms with Crippen LogP contribution >= 0.6 is 11.6 Å². The maximum absolute atomic E-state index is 11.8. The number of aliphatic carboxylic acids is 1. The molecule has 0 amide bonds. The monoisotopic (exact) mass is 324 g/mol. The topological polar surface area (TPSA) is 147 Å². The number of hydrogen-bond donors (Lipinski definition) is 3. The third-order valence-corrected chi connectivity index (χ3v) is 3.99. The number of nitrogens with zero attached hydrogens (tertiary/aromatic N) is 1. The van der Waals surface area contributed by atoms with E-state index >= 15 is 0 Å². The summed E-state index contributed by atoms with van der Waals surface area (Å²) in [6.07, 6.45) is 0. The smallest absolute Gasteiger partial charge is 0.324 e. The predicted octanol–water partition coefficient (Wildman–Crippen LogP) is -0.0280. The molecule has 20 heavy (non-hydrogen) atoms. The van der Waals surface area contributed by atoms with Gasteiger partial charge >= 0.3 is 5.97 Å². The van der Waals surface area contributed by atoms with Gasteiger partial charge in [0.25, 0.3) is 5.69 Å². The largest absolute Gasteiger partial charge is 0.480 e. The van der Waals surface area contributed by atoms with Crippen LogP contribution in [0.25, 0.3) is 0 Å². The summed E-state index contributed by atoms with van der Waals surface area (Å²) >= 11 is 5.53. The van der Waals surface area contributed by atoms with E-state index in [1.54, 1.807) is 4.72 Å². The summed E-state index contributed by atoms with van der Waals surface area (Å²) in [5, 5.41) is 27.8. The van der Waals surface area contributed by atoms with Gasteiger partial charge in [-0.2, -0.15) is 4.72 Å². The van der Waals surface area contributed by atoms with Gasteiger partial charge in [-0.15, -0.1) is 0 Å². The molecular formula is C9H9ClN2O7S. The lowest BCUT2D eigenvalue weighted by molar-refractivity contribution is -0.384. The fraction of sp³-hybridized carbons (Fsp3) is 0.222. The summed E-state index contributed by atoms with van der Waals surface area (Å²) < 4.78 is 25.4. The Hall–Kier alpha value is -1.75. The summed E-state index contributed by atoms with van der Waals surface area (Å²) in [4.78, 5) is 19.9. The normalized spacial score (nSPS) is 12.9. The van der Waals surface area contributed by atoms with Crippen LogP contribution in [0, 0.1) is 10.1 Å². The van der Waals surface area contributed by atoms with Crippen molar-refractivity contribution in [3.8, 4) is 0 Å². The summed E-state index contributed by atoms with van der Waals surface area (Å²) in [5.74, 6) is -1.58. The van der Waals surface area contributed by atoms with E-state index in [0.717, 1.165) is 12.1 Å². The van der Waals surface area contributed by atoms with Gasteiger partial charge in [-0.05, 0) is 12.1 Å². The Bertz CT molecular complexity index is 646. The molecule has 0 spiro atoms. The number of benzene rings is 1. The van der Waals surface area contributed by atoms with Crippen LogP contribution in [0.15, 0.2) is 23.1 Å². The van der Waals surface area contributed by atoms with Gasteiger partial charge in [-0.3, -0.25) is 14.9 Å². The second-order valence-corrected chi connectivity index (χ2v) is 5.69. The summed E-state index contributed by atoms with van der Waals surface area (Å²) in [5.41, 5.74) is -0.634. The molecule has 1 aromatic rings. The number of nitro groups is 1. The van der Waals surface area contributed by atoms with E-state index in [9.17, 15) is 23.3 Å². The van der Waals surface area contributed by atoms with Crippen molar-refractivity contribution in [1.29, 1.82) is 0 Å². The first-order valence-electron chi connectivity index (χ1n) is 4.99. The lowest BCUT2D eigenvalue weighted by atomic mass is 10.3. The Morgan fingerprint density at radius 2 is 2.10 bits per heavy atom. The van der Waals surface area contributed by atoms with Crippen LogP contribution in [-0.4, -0.2) is 42.2 Å². The molecule has 0 aliphatic heterocycles. The van der Waals surface area contributed by atoms with Crippen molar-refractivity contribution in [1.82, 2.24) is 4.72 Å². The lowest BCUT2D eigenvalue weighted by Gasteiger charge is -2.12. The van der Waals surface area contributed by atoms with Crippen molar-refractivity contribution in [3.05, 3.63) is 33.3 Å². The zero-order chi connectivity index (χ0) is 15.5. The Labute approximate surface area is 118 Å². The van der Waals surface area contributed by atoms with Gasteiger partial charge in [0.15, 0.2) is 0 Å². The number of nitrogens with one attached hydrogen (secondary N) is 1. The lowest BCUT2D eigenvalue weighted by Crippen LogP contribution is -2.43. The van der Waals surface area contributed by atoms with Crippen LogP contribution in [0.4, 0.5) is 5.69 Å². The molecule has 0 saturated carbocycles. The molecule has 1 rings (SSSR count). The Morgan fingerprint density at radius 3 is 2.55 bits per heavy atom. The zero-order valence-corrected chi connectivity index (χ0v) is 11.3. The molecule has 0 radical (unpaired) electrons. The van der Waals surface area contributed by atoms with Crippen LogP contribution in [0.5, 0.6) is 0 Å². The first-order valence-corrected chi connectivity index (χ1v) is 6.85. The zero-order valence-electron chi connectivity index (χ0n) is 9.69. The number of aliphatic hydroxyl groups is 1. The van der Waals surface area contributed by atoms with E-state index in [2.05, 4.69) is 0 Å². The van der Waals surface area contributed by atoms with E-state index < -0.39 is 44.1 Å². The molecule has 0 bridgehead atoms. The molecule has 0 aliphatic rings. The maximum atomic E-state index is 11.8. The highest BCUT2D eigenvalue weighted by molar-refractivity contribution is 7.89. The highest BCUT2D eigenvalue weighted by Crippen LogP contribution is 2.27. The number of carboxylic acids is 1. The molecule has 0 fully saturated rings. The van der Waals surface area contributed by atoms with Crippen molar-refractivity contribution < 1.29 is 28.3 Å². The van der Waals surface area contributed by atoms with Gasteiger partial charge < -0.3 is 10.2 Å². The highest BCUT2D eigenvalue weighted by atomic mass is 35.5.